The van der Waals surface area contributed by atoms with Crippen LogP contribution in [0.4, 0.5) is 5.69 Å². The molecule has 1 aliphatic heterocycles. The molecule has 0 atom stereocenters. The molecule has 4 N–H and O–H groups in total. The Morgan fingerprint density at radius 1 is 1.07 bits per heavy atom. The number of allylic oxidation sites excluding steroid dienone is 1. The average molecular weight is 556 g/mol. The van der Waals surface area contributed by atoms with Crippen molar-refractivity contribution in [2.45, 2.75) is 45.1 Å². The van der Waals surface area contributed by atoms with Crippen molar-refractivity contribution in [3.63, 3.8) is 0 Å². The second-order valence-electron chi connectivity index (χ2n) is 9.89. The van der Waals surface area contributed by atoms with E-state index in [-0.39, 0.29) is 12.0 Å². The molecule has 10 heteroatoms. The molecule has 2 aromatic heterocycles. The molecule has 0 saturated carbocycles. The summed E-state index contributed by atoms with van der Waals surface area (Å²) >= 11 is 0. The van der Waals surface area contributed by atoms with Crippen molar-refractivity contribution < 1.29 is 18.8 Å². The SMILES string of the molecule is CCC/C(N)=C(\Cc1ccc(-c2ccccc2-c2noc(=O)[nH]2)cc1)C(=O)Nc1ccc(OC2CCOCC2)nc1. The van der Waals surface area contributed by atoms with Crippen molar-refractivity contribution in [3.8, 4) is 28.4 Å². The summed E-state index contributed by atoms with van der Waals surface area (Å²) in [6, 6.07) is 19.0. The van der Waals surface area contributed by atoms with Gasteiger partial charge in [0, 0.05) is 42.2 Å². The number of amides is 1. The highest BCUT2D eigenvalue weighted by molar-refractivity contribution is 6.04. The number of aromatic nitrogens is 3. The number of hydrogen-bond donors (Lipinski definition) is 3. The van der Waals surface area contributed by atoms with Crippen LogP contribution in [-0.4, -0.2) is 40.3 Å². The Balaban J connectivity index is 1.29. The summed E-state index contributed by atoms with van der Waals surface area (Å²) in [5.74, 6) is 0.0111. The maximum absolute atomic E-state index is 13.4. The van der Waals surface area contributed by atoms with Gasteiger partial charge in [0.05, 0.1) is 25.1 Å². The van der Waals surface area contributed by atoms with Gasteiger partial charge < -0.3 is 20.5 Å². The Morgan fingerprint density at radius 2 is 1.83 bits per heavy atom. The van der Waals surface area contributed by atoms with Crippen LogP contribution < -0.4 is 21.5 Å². The van der Waals surface area contributed by atoms with Crippen molar-refractivity contribution >= 4 is 11.6 Å². The molecule has 1 saturated heterocycles. The number of anilines is 1. The first kappa shape index (κ1) is 27.9. The third-order valence-corrected chi connectivity index (χ3v) is 6.90. The fourth-order valence-corrected chi connectivity index (χ4v) is 4.75. The molecule has 1 amide bonds. The molecule has 41 heavy (non-hydrogen) atoms. The Morgan fingerprint density at radius 3 is 2.49 bits per heavy atom. The third-order valence-electron chi connectivity index (χ3n) is 6.90. The lowest BCUT2D eigenvalue weighted by molar-refractivity contribution is -0.113. The van der Waals surface area contributed by atoms with Gasteiger partial charge in [-0.25, -0.2) is 9.78 Å². The van der Waals surface area contributed by atoms with E-state index >= 15 is 0 Å². The van der Waals surface area contributed by atoms with Crippen LogP contribution in [0.5, 0.6) is 5.88 Å². The molecule has 10 nitrogen and oxygen atoms in total. The zero-order chi connectivity index (χ0) is 28.6. The zero-order valence-corrected chi connectivity index (χ0v) is 22.9. The molecule has 4 aromatic rings. The lowest BCUT2D eigenvalue weighted by atomic mass is 9.95. The molecular weight excluding hydrogens is 522 g/mol. The van der Waals surface area contributed by atoms with Gasteiger partial charge in [-0.15, -0.1) is 0 Å². The molecule has 212 valence electrons. The topological polar surface area (TPSA) is 145 Å². The summed E-state index contributed by atoms with van der Waals surface area (Å²) < 4.78 is 16.0. The van der Waals surface area contributed by atoms with Crippen molar-refractivity contribution in [2.24, 2.45) is 5.73 Å². The summed E-state index contributed by atoms with van der Waals surface area (Å²) in [5, 5.41) is 6.76. The second kappa shape index (κ2) is 13.1. The molecular formula is C31H33N5O5. The van der Waals surface area contributed by atoms with Gasteiger partial charge in [-0.3, -0.25) is 14.3 Å². The highest BCUT2D eigenvalue weighted by Gasteiger charge is 2.18. The summed E-state index contributed by atoms with van der Waals surface area (Å²) in [4.78, 5) is 31.8. The number of nitrogens with zero attached hydrogens (tertiary/aromatic N) is 2. The lowest BCUT2D eigenvalue weighted by Gasteiger charge is -2.22. The first-order chi connectivity index (χ1) is 20.0. The molecule has 5 rings (SSSR count). The van der Waals surface area contributed by atoms with Crippen molar-refractivity contribution in [1.29, 1.82) is 0 Å². The minimum absolute atomic E-state index is 0.0892. The van der Waals surface area contributed by atoms with Crippen LogP contribution in [-0.2, 0) is 16.0 Å². The van der Waals surface area contributed by atoms with Gasteiger partial charge in [-0.05, 0) is 29.2 Å². The van der Waals surface area contributed by atoms with Crippen LogP contribution in [0.1, 0.15) is 38.2 Å². The smallest absolute Gasteiger partial charge is 0.439 e. The average Bonchev–Trinajstić information content (AvgIpc) is 3.44. The Kier molecular flexibility index (Phi) is 8.90. The van der Waals surface area contributed by atoms with Gasteiger partial charge in [0.2, 0.25) is 5.88 Å². The maximum Gasteiger partial charge on any atom is 0.439 e. The third kappa shape index (κ3) is 7.09. The molecule has 0 radical (unpaired) electrons. The molecule has 0 unspecified atom stereocenters. The van der Waals surface area contributed by atoms with E-state index in [1.54, 1.807) is 18.3 Å². The van der Waals surface area contributed by atoms with E-state index in [0.717, 1.165) is 41.5 Å². The standard InChI is InChI=1S/C31H33N5O5/c1-2-5-27(32)26(30(37)34-22-12-13-28(33-19-22)40-23-14-16-39-17-15-23)18-20-8-10-21(11-9-20)24-6-3-4-7-25(24)29-35-31(38)41-36-29/h3-4,6-13,19,23H,2,5,14-18,32H2,1H3,(H,34,37)(H,35,36,38)/b27-26-. The lowest BCUT2D eigenvalue weighted by Crippen LogP contribution is -2.26. The van der Waals surface area contributed by atoms with Crippen LogP contribution >= 0.6 is 0 Å². The van der Waals surface area contributed by atoms with Crippen LogP contribution in [0.2, 0.25) is 0 Å². The van der Waals surface area contributed by atoms with Crippen molar-refractivity contribution in [1.82, 2.24) is 15.1 Å². The van der Waals surface area contributed by atoms with Gasteiger partial charge >= 0.3 is 5.76 Å². The summed E-state index contributed by atoms with van der Waals surface area (Å²) in [6.45, 7) is 3.40. The van der Waals surface area contributed by atoms with E-state index in [0.29, 0.717) is 54.7 Å². The van der Waals surface area contributed by atoms with Gasteiger partial charge in [0.15, 0.2) is 5.82 Å². The molecule has 1 fully saturated rings. The monoisotopic (exact) mass is 555 g/mol. The van der Waals surface area contributed by atoms with E-state index in [1.165, 1.54) is 0 Å². The highest BCUT2D eigenvalue weighted by Crippen LogP contribution is 2.30. The number of ether oxygens (including phenoxy) is 2. The predicted molar refractivity (Wildman–Crippen MR) is 155 cm³/mol. The fraction of sp³-hybridized carbons (Fsp3) is 0.290. The number of benzene rings is 2. The number of nitrogens with two attached hydrogens (primary N) is 1. The molecule has 0 spiro atoms. The largest absolute Gasteiger partial charge is 0.474 e. The van der Waals surface area contributed by atoms with Gasteiger partial charge in [-0.1, -0.05) is 67.0 Å². The Labute approximate surface area is 237 Å². The first-order valence-corrected chi connectivity index (χ1v) is 13.7. The normalized spacial score (nSPS) is 14.4. The number of aromatic amines is 1. The summed E-state index contributed by atoms with van der Waals surface area (Å²) in [7, 11) is 0. The van der Waals surface area contributed by atoms with E-state index in [2.05, 4.69) is 25.0 Å². The van der Waals surface area contributed by atoms with Crippen molar-refractivity contribution in [2.75, 3.05) is 18.5 Å². The summed E-state index contributed by atoms with van der Waals surface area (Å²) in [6.07, 6.45) is 5.15. The minimum atomic E-state index is -0.609. The van der Waals surface area contributed by atoms with E-state index < -0.39 is 5.76 Å². The number of carbonyl (C=O) groups excluding carboxylic acids is 1. The van der Waals surface area contributed by atoms with Gasteiger partial charge in [0.25, 0.3) is 5.91 Å². The van der Waals surface area contributed by atoms with Crippen LogP contribution in [0.3, 0.4) is 0 Å². The number of H-pyrrole nitrogens is 1. The molecule has 2 aromatic carbocycles. The van der Waals surface area contributed by atoms with E-state index in [1.807, 2.05) is 55.5 Å². The predicted octanol–water partition coefficient (Wildman–Crippen LogP) is 4.84. The first-order valence-electron chi connectivity index (χ1n) is 13.7. The quantitative estimate of drug-likeness (QED) is 0.236. The van der Waals surface area contributed by atoms with Gasteiger partial charge in [-0.2, -0.15) is 0 Å². The molecule has 0 aliphatic carbocycles. The Hall–Kier alpha value is -4.70. The zero-order valence-electron chi connectivity index (χ0n) is 22.9. The van der Waals surface area contributed by atoms with Crippen LogP contribution in [0, 0.1) is 0 Å². The Bertz CT molecular complexity index is 1550. The maximum atomic E-state index is 13.4. The van der Waals surface area contributed by atoms with Crippen molar-refractivity contribution in [3.05, 3.63) is 94.2 Å². The van der Waals surface area contributed by atoms with E-state index in [4.69, 9.17) is 15.2 Å². The second-order valence-corrected chi connectivity index (χ2v) is 9.89. The molecule has 1 aliphatic rings. The molecule has 0 bridgehead atoms. The highest BCUT2D eigenvalue weighted by atomic mass is 16.5. The van der Waals surface area contributed by atoms with Gasteiger partial charge in [0.1, 0.15) is 6.10 Å². The summed E-state index contributed by atoms with van der Waals surface area (Å²) in [5.41, 5.74) is 11.5. The number of carbonyl (C=O) groups is 1. The number of nitrogens with one attached hydrogen (secondary N) is 2. The fourth-order valence-electron chi connectivity index (χ4n) is 4.75. The van der Waals surface area contributed by atoms with E-state index in [9.17, 15) is 9.59 Å². The van der Waals surface area contributed by atoms with Crippen LogP contribution in [0.25, 0.3) is 22.5 Å². The number of rotatable bonds is 10. The minimum Gasteiger partial charge on any atom is -0.474 e. The van der Waals surface area contributed by atoms with Crippen LogP contribution in [0.15, 0.2) is 87.4 Å². The molecule has 3 heterocycles. The number of pyridine rings is 1. The number of hydrogen-bond acceptors (Lipinski definition) is 8.